The average Bonchev–Trinajstić information content (AvgIpc) is 2.32. The van der Waals surface area contributed by atoms with Gasteiger partial charge in [0.2, 0.25) is 5.91 Å². The first-order valence-electron chi connectivity index (χ1n) is 6.29. The predicted octanol–water partition coefficient (Wildman–Crippen LogP) is -0.190. The molecule has 0 aromatic rings. The molecule has 5 nitrogen and oxygen atoms in total. The first-order chi connectivity index (χ1) is 8.06. The zero-order valence-electron chi connectivity index (χ0n) is 11.0. The summed E-state index contributed by atoms with van der Waals surface area (Å²) in [7, 11) is 2.14. The van der Waals surface area contributed by atoms with E-state index >= 15 is 0 Å². The molecule has 0 atom stereocenters. The van der Waals surface area contributed by atoms with Crippen molar-refractivity contribution in [2.75, 3.05) is 46.4 Å². The molecule has 0 unspecified atom stereocenters. The number of hydrogen-bond donors (Lipinski definition) is 2. The molecule has 1 amide bonds. The summed E-state index contributed by atoms with van der Waals surface area (Å²) in [4.78, 5) is 13.8. The van der Waals surface area contributed by atoms with Gasteiger partial charge in [0.15, 0.2) is 0 Å². The number of carbonyl (C=O) groups is 1. The Hall–Kier alpha value is -0.650. The summed E-state index contributed by atoms with van der Waals surface area (Å²) in [5.41, 5.74) is 5.51. The number of carbonyl (C=O) groups excluding carboxylic acids is 1. The minimum Gasteiger partial charge on any atom is -0.370 e. The second kappa shape index (κ2) is 6.93. The van der Waals surface area contributed by atoms with Gasteiger partial charge in [-0.1, -0.05) is 6.92 Å². The maximum Gasteiger partial charge on any atom is 0.246 e. The summed E-state index contributed by atoms with van der Waals surface area (Å²) in [6.07, 6.45) is 2.26. The van der Waals surface area contributed by atoms with E-state index in [9.17, 15) is 4.79 Å². The molecule has 0 aromatic carbocycles. The molecule has 1 aliphatic heterocycles. The molecule has 5 heteroatoms. The number of nitrogens with zero attached hydrogens (tertiary/aromatic N) is 1. The van der Waals surface area contributed by atoms with Crippen LogP contribution in [0.4, 0.5) is 0 Å². The molecule has 100 valence electrons. The first-order valence-corrected chi connectivity index (χ1v) is 6.29. The topological polar surface area (TPSA) is 67.6 Å². The van der Waals surface area contributed by atoms with E-state index < -0.39 is 0 Å². The number of amides is 1. The van der Waals surface area contributed by atoms with Gasteiger partial charge in [0, 0.05) is 13.1 Å². The monoisotopic (exact) mass is 243 g/mol. The number of nitrogens with two attached hydrogens (primary N) is 1. The molecule has 1 saturated heterocycles. The van der Waals surface area contributed by atoms with Gasteiger partial charge in [0.25, 0.3) is 0 Å². The van der Waals surface area contributed by atoms with Crippen molar-refractivity contribution in [1.82, 2.24) is 10.2 Å². The Morgan fingerprint density at radius 1 is 1.47 bits per heavy atom. The van der Waals surface area contributed by atoms with E-state index in [-0.39, 0.29) is 17.9 Å². The van der Waals surface area contributed by atoms with Crippen molar-refractivity contribution in [2.45, 2.75) is 19.8 Å². The first kappa shape index (κ1) is 14.4. The number of hydrogen-bond acceptors (Lipinski definition) is 4. The Kier molecular flexibility index (Phi) is 5.88. The number of piperidine rings is 1. The molecule has 0 radical (unpaired) electrons. The van der Waals surface area contributed by atoms with Crippen LogP contribution in [0.1, 0.15) is 19.8 Å². The lowest BCUT2D eigenvalue weighted by atomic mass is 9.80. The normalized spacial score (nSPS) is 20.2. The number of nitrogens with one attached hydrogen (secondary N) is 1. The van der Waals surface area contributed by atoms with Gasteiger partial charge >= 0.3 is 0 Å². The van der Waals surface area contributed by atoms with Crippen molar-refractivity contribution in [3.8, 4) is 0 Å². The Labute approximate surface area is 104 Å². The molecular formula is C12H25N3O2. The van der Waals surface area contributed by atoms with Crippen LogP contribution in [0, 0.1) is 5.41 Å². The van der Waals surface area contributed by atoms with E-state index in [4.69, 9.17) is 10.5 Å². The van der Waals surface area contributed by atoms with Crippen LogP contribution in [0.3, 0.4) is 0 Å². The van der Waals surface area contributed by atoms with Crippen LogP contribution < -0.4 is 11.1 Å². The fourth-order valence-electron chi connectivity index (χ4n) is 1.95. The molecule has 1 rings (SSSR count). The van der Waals surface area contributed by atoms with Gasteiger partial charge < -0.3 is 20.7 Å². The van der Waals surface area contributed by atoms with Crippen LogP contribution in [0.5, 0.6) is 0 Å². The minimum absolute atomic E-state index is 0.0430. The van der Waals surface area contributed by atoms with Crippen LogP contribution in [0.2, 0.25) is 0 Å². The maximum atomic E-state index is 11.5. The van der Waals surface area contributed by atoms with Crippen molar-refractivity contribution < 1.29 is 9.53 Å². The van der Waals surface area contributed by atoms with Crippen LogP contribution in [0.15, 0.2) is 0 Å². The molecule has 0 spiro atoms. The number of likely N-dealkylation sites (tertiary alicyclic amines) is 1. The third kappa shape index (κ3) is 5.48. The number of rotatable bonds is 6. The summed E-state index contributed by atoms with van der Waals surface area (Å²) in [5, 5.41) is 2.94. The largest absolute Gasteiger partial charge is 0.370 e. The Bertz CT molecular complexity index is 238. The minimum atomic E-state index is -0.0430. The van der Waals surface area contributed by atoms with Crippen molar-refractivity contribution in [1.29, 1.82) is 0 Å². The van der Waals surface area contributed by atoms with Gasteiger partial charge in [0.1, 0.15) is 6.61 Å². The van der Waals surface area contributed by atoms with Crippen LogP contribution in [0.25, 0.3) is 0 Å². The number of ether oxygens (including phenoxy) is 1. The van der Waals surface area contributed by atoms with Gasteiger partial charge in [-0.15, -0.1) is 0 Å². The Morgan fingerprint density at radius 3 is 2.71 bits per heavy atom. The van der Waals surface area contributed by atoms with E-state index in [1.165, 1.54) is 0 Å². The Balaban J connectivity index is 2.18. The third-order valence-corrected chi connectivity index (χ3v) is 3.40. The van der Waals surface area contributed by atoms with E-state index in [0.717, 1.165) is 32.5 Å². The second-order valence-electron chi connectivity index (χ2n) is 5.23. The standard InChI is InChI=1S/C12H25N3O2/c1-12(3-6-15(2)7-4-12)10-14-11(16)9-17-8-5-13/h3-10,13H2,1-2H3,(H,14,16). The van der Waals surface area contributed by atoms with Gasteiger partial charge in [-0.2, -0.15) is 0 Å². The lowest BCUT2D eigenvalue weighted by Crippen LogP contribution is -2.44. The maximum absolute atomic E-state index is 11.5. The molecule has 0 aromatic heterocycles. The van der Waals surface area contributed by atoms with Crippen molar-refractivity contribution in [3.05, 3.63) is 0 Å². The molecule has 17 heavy (non-hydrogen) atoms. The van der Waals surface area contributed by atoms with Crippen LogP contribution in [-0.2, 0) is 9.53 Å². The highest BCUT2D eigenvalue weighted by atomic mass is 16.5. The van der Waals surface area contributed by atoms with Gasteiger partial charge in [-0.25, -0.2) is 0 Å². The summed E-state index contributed by atoms with van der Waals surface area (Å²) < 4.78 is 5.09. The smallest absolute Gasteiger partial charge is 0.246 e. The highest BCUT2D eigenvalue weighted by Gasteiger charge is 2.28. The third-order valence-electron chi connectivity index (χ3n) is 3.40. The molecule has 1 fully saturated rings. The molecule has 1 aliphatic rings. The zero-order valence-corrected chi connectivity index (χ0v) is 11.0. The fourth-order valence-corrected chi connectivity index (χ4v) is 1.95. The van der Waals surface area contributed by atoms with Crippen molar-refractivity contribution >= 4 is 5.91 Å². The van der Waals surface area contributed by atoms with Gasteiger partial charge in [-0.05, 0) is 38.4 Å². The van der Waals surface area contributed by atoms with E-state index in [0.29, 0.717) is 13.2 Å². The van der Waals surface area contributed by atoms with Gasteiger partial charge in [0.05, 0.1) is 6.61 Å². The Morgan fingerprint density at radius 2 is 2.12 bits per heavy atom. The molecule has 0 bridgehead atoms. The average molecular weight is 243 g/mol. The zero-order chi connectivity index (χ0) is 12.7. The summed E-state index contributed by atoms with van der Waals surface area (Å²) >= 11 is 0. The fraction of sp³-hybridized carbons (Fsp3) is 0.917. The summed E-state index contributed by atoms with van der Waals surface area (Å²) in [5.74, 6) is -0.0430. The highest BCUT2D eigenvalue weighted by Crippen LogP contribution is 2.29. The predicted molar refractivity (Wildman–Crippen MR) is 67.7 cm³/mol. The lowest BCUT2D eigenvalue weighted by Gasteiger charge is -2.37. The van der Waals surface area contributed by atoms with Gasteiger partial charge in [-0.3, -0.25) is 4.79 Å². The molecule has 0 saturated carbocycles. The van der Waals surface area contributed by atoms with Crippen molar-refractivity contribution in [2.24, 2.45) is 11.1 Å². The van der Waals surface area contributed by atoms with E-state index in [2.05, 4.69) is 24.2 Å². The summed E-state index contributed by atoms with van der Waals surface area (Å²) in [6, 6.07) is 0. The SMILES string of the molecule is CN1CCC(C)(CNC(=O)COCCN)CC1. The molecule has 3 N–H and O–H groups in total. The molecule has 0 aliphatic carbocycles. The van der Waals surface area contributed by atoms with Crippen molar-refractivity contribution in [3.63, 3.8) is 0 Å². The second-order valence-corrected chi connectivity index (χ2v) is 5.23. The van der Waals surface area contributed by atoms with Crippen LogP contribution in [-0.4, -0.2) is 57.2 Å². The quantitative estimate of drug-likeness (QED) is 0.635. The highest BCUT2D eigenvalue weighted by molar-refractivity contribution is 5.77. The molecular weight excluding hydrogens is 218 g/mol. The molecule has 1 heterocycles. The van der Waals surface area contributed by atoms with E-state index in [1.54, 1.807) is 0 Å². The lowest BCUT2D eigenvalue weighted by molar-refractivity contribution is -0.126. The van der Waals surface area contributed by atoms with Crippen LogP contribution >= 0.6 is 0 Å². The van der Waals surface area contributed by atoms with E-state index in [1.807, 2.05) is 0 Å². The summed E-state index contributed by atoms with van der Waals surface area (Å²) in [6.45, 7) is 6.21.